The van der Waals surface area contributed by atoms with Crippen molar-refractivity contribution in [1.82, 2.24) is 5.32 Å². The zero-order valence-corrected chi connectivity index (χ0v) is 17.7. The predicted molar refractivity (Wildman–Crippen MR) is 98.1 cm³/mol. The summed E-state index contributed by atoms with van der Waals surface area (Å²) in [7, 11) is 0. The first-order valence-corrected chi connectivity index (χ1v) is 9.70. The second-order valence-corrected chi connectivity index (χ2v) is 6.71. The quantitative estimate of drug-likeness (QED) is 0.349. The van der Waals surface area contributed by atoms with Crippen molar-refractivity contribution in [3.8, 4) is 0 Å². The maximum absolute atomic E-state index is 11.6. The topological polar surface area (TPSA) is 67.8 Å². The van der Waals surface area contributed by atoms with E-state index in [1.54, 1.807) is 0 Å². The van der Waals surface area contributed by atoms with Gasteiger partial charge in [-0.3, -0.25) is 4.79 Å². The van der Waals surface area contributed by atoms with E-state index in [9.17, 15) is 4.79 Å². The number of amides is 1. The smallest absolute Gasteiger partial charge is 0.220 e. The van der Waals surface area contributed by atoms with Crippen LogP contribution in [0, 0.1) is 5.92 Å². The SMILES string of the molecule is CC(C)CCCOCCOCCNC(=O)CCCCCCCCO.[V]. The number of aliphatic hydroxyl groups excluding tert-OH is 1. The molecule has 1 radical (unpaired) electrons. The van der Waals surface area contributed by atoms with Crippen LogP contribution >= 0.6 is 0 Å². The Morgan fingerprint density at radius 3 is 2.12 bits per heavy atom. The van der Waals surface area contributed by atoms with E-state index in [1.807, 2.05) is 0 Å². The summed E-state index contributed by atoms with van der Waals surface area (Å²) >= 11 is 0. The number of ether oxygens (including phenoxy) is 2. The molecule has 0 saturated carbocycles. The van der Waals surface area contributed by atoms with E-state index < -0.39 is 0 Å². The molecule has 0 aliphatic carbocycles. The molecule has 5 nitrogen and oxygen atoms in total. The fraction of sp³-hybridized carbons (Fsp3) is 0.947. The van der Waals surface area contributed by atoms with E-state index in [0.29, 0.717) is 32.8 Å². The van der Waals surface area contributed by atoms with Crippen LogP contribution in [0.1, 0.15) is 71.6 Å². The number of nitrogens with one attached hydrogen (secondary N) is 1. The molecule has 2 N–H and O–H groups in total. The molecule has 0 heterocycles. The molecule has 0 atom stereocenters. The molecule has 149 valence electrons. The molecule has 0 rings (SSSR count). The molecule has 25 heavy (non-hydrogen) atoms. The maximum atomic E-state index is 11.6. The molecule has 0 saturated heterocycles. The van der Waals surface area contributed by atoms with Crippen LogP contribution in [0.4, 0.5) is 0 Å². The first kappa shape index (κ1) is 27.2. The largest absolute Gasteiger partial charge is 0.396 e. The molecule has 0 aliphatic rings. The summed E-state index contributed by atoms with van der Waals surface area (Å²) in [6.45, 7) is 7.86. The van der Waals surface area contributed by atoms with Crippen molar-refractivity contribution >= 4 is 5.91 Å². The van der Waals surface area contributed by atoms with Crippen molar-refractivity contribution in [1.29, 1.82) is 0 Å². The minimum atomic E-state index is 0. The second-order valence-electron chi connectivity index (χ2n) is 6.71. The van der Waals surface area contributed by atoms with Gasteiger partial charge in [0.05, 0.1) is 19.8 Å². The summed E-state index contributed by atoms with van der Waals surface area (Å²) in [6.07, 6.45) is 9.21. The third-order valence-corrected chi connectivity index (χ3v) is 3.82. The van der Waals surface area contributed by atoms with E-state index in [1.165, 1.54) is 6.42 Å². The molecule has 0 fully saturated rings. The third kappa shape index (κ3) is 23.9. The zero-order valence-electron chi connectivity index (χ0n) is 16.3. The van der Waals surface area contributed by atoms with Crippen LogP contribution in [0.2, 0.25) is 0 Å². The second kappa shape index (κ2) is 22.0. The first-order chi connectivity index (χ1) is 11.7. The zero-order chi connectivity index (χ0) is 17.9. The molecule has 0 aromatic heterocycles. The Balaban J connectivity index is 0. The Labute approximate surface area is 166 Å². The van der Waals surface area contributed by atoms with Crippen LogP contribution in [0.15, 0.2) is 0 Å². The van der Waals surface area contributed by atoms with Gasteiger partial charge < -0.3 is 19.9 Å². The van der Waals surface area contributed by atoms with Crippen molar-refractivity contribution in [2.24, 2.45) is 5.92 Å². The average Bonchev–Trinajstić information content (AvgIpc) is 2.55. The molecule has 0 aromatic rings. The van der Waals surface area contributed by atoms with Crippen molar-refractivity contribution in [2.75, 3.05) is 39.6 Å². The molecule has 0 spiro atoms. The van der Waals surface area contributed by atoms with Crippen LogP contribution in [0.5, 0.6) is 0 Å². The maximum Gasteiger partial charge on any atom is 0.220 e. The minimum absolute atomic E-state index is 0. The summed E-state index contributed by atoms with van der Waals surface area (Å²) in [6, 6.07) is 0. The molecule has 0 bridgehead atoms. The fourth-order valence-electron chi connectivity index (χ4n) is 2.37. The summed E-state index contributed by atoms with van der Waals surface area (Å²) in [5.41, 5.74) is 0. The molecule has 0 aliphatic heterocycles. The van der Waals surface area contributed by atoms with E-state index in [0.717, 1.165) is 57.5 Å². The summed E-state index contributed by atoms with van der Waals surface area (Å²) in [5, 5.41) is 11.6. The Hall–Kier alpha value is -0.0656. The fourth-order valence-corrected chi connectivity index (χ4v) is 2.37. The number of aliphatic hydroxyl groups is 1. The number of hydrogen-bond donors (Lipinski definition) is 2. The van der Waals surface area contributed by atoms with Gasteiger partial charge in [-0.2, -0.15) is 0 Å². The Morgan fingerprint density at radius 1 is 0.880 bits per heavy atom. The van der Waals surface area contributed by atoms with E-state index in [2.05, 4.69) is 19.2 Å². The van der Waals surface area contributed by atoms with Crippen molar-refractivity contribution in [3.63, 3.8) is 0 Å². The van der Waals surface area contributed by atoms with Crippen LogP contribution in [0.3, 0.4) is 0 Å². The molecular weight excluding hydrogens is 357 g/mol. The van der Waals surface area contributed by atoms with Gasteiger partial charge in [0.2, 0.25) is 5.91 Å². The molecule has 1 amide bonds. The summed E-state index contributed by atoms with van der Waals surface area (Å²) in [5.74, 6) is 0.846. The minimum Gasteiger partial charge on any atom is -0.396 e. The first-order valence-electron chi connectivity index (χ1n) is 9.70. The van der Waals surface area contributed by atoms with Crippen molar-refractivity contribution in [3.05, 3.63) is 0 Å². The third-order valence-electron chi connectivity index (χ3n) is 3.82. The number of unbranched alkanes of at least 4 members (excludes halogenated alkanes) is 5. The van der Waals surface area contributed by atoms with Gasteiger partial charge in [-0.05, 0) is 31.6 Å². The standard InChI is InChI=1S/C19H39NO4.V/c1-18(2)10-9-14-23-16-17-24-15-12-20-19(22)11-7-5-3-4-6-8-13-21;/h18,21H,3-17H2,1-2H3,(H,20,22);. The predicted octanol–water partition coefficient (Wildman–Crippen LogP) is 3.29. The summed E-state index contributed by atoms with van der Waals surface area (Å²) < 4.78 is 10.9. The van der Waals surface area contributed by atoms with Gasteiger partial charge in [-0.15, -0.1) is 0 Å². The van der Waals surface area contributed by atoms with Gasteiger partial charge >= 0.3 is 0 Å². The molecule has 0 aromatic carbocycles. The van der Waals surface area contributed by atoms with Gasteiger partial charge in [0.25, 0.3) is 0 Å². The molecule has 0 unspecified atom stereocenters. The number of hydrogen-bond acceptors (Lipinski definition) is 4. The van der Waals surface area contributed by atoms with Gasteiger partial charge in [0, 0.05) is 44.7 Å². The van der Waals surface area contributed by atoms with Gasteiger partial charge in [0.15, 0.2) is 0 Å². The normalized spacial score (nSPS) is 10.7. The van der Waals surface area contributed by atoms with Gasteiger partial charge in [-0.1, -0.05) is 39.5 Å². The average molecular weight is 396 g/mol. The Bertz CT molecular complexity index is 278. The number of rotatable bonds is 18. The molecule has 6 heteroatoms. The Morgan fingerprint density at radius 2 is 1.48 bits per heavy atom. The molecular formula is C19H39NO4V. The van der Waals surface area contributed by atoms with Crippen molar-refractivity contribution < 1.29 is 37.9 Å². The van der Waals surface area contributed by atoms with Crippen LogP contribution in [0.25, 0.3) is 0 Å². The summed E-state index contributed by atoms with van der Waals surface area (Å²) in [4.78, 5) is 11.6. The van der Waals surface area contributed by atoms with Crippen LogP contribution in [-0.2, 0) is 32.8 Å². The van der Waals surface area contributed by atoms with E-state index in [4.69, 9.17) is 14.6 Å². The Kier molecular flexibility index (Phi) is 23.9. The number of carbonyl (C=O) groups is 1. The van der Waals surface area contributed by atoms with Crippen LogP contribution in [-0.4, -0.2) is 50.6 Å². The van der Waals surface area contributed by atoms with E-state index >= 15 is 0 Å². The van der Waals surface area contributed by atoms with Gasteiger partial charge in [0.1, 0.15) is 0 Å². The number of carbonyl (C=O) groups excluding carboxylic acids is 1. The van der Waals surface area contributed by atoms with Crippen molar-refractivity contribution in [2.45, 2.75) is 71.6 Å². The van der Waals surface area contributed by atoms with Gasteiger partial charge in [-0.25, -0.2) is 0 Å². The van der Waals surface area contributed by atoms with Crippen LogP contribution < -0.4 is 5.32 Å². The van der Waals surface area contributed by atoms with E-state index in [-0.39, 0.29) is 31.1 Å². The monoisotopic (exact) mass is 396 g/mol.